The van der Waals surface area contributed by atoms with Crippen molar-refractivity contribution < 1.29 is 14.3 Å². The molecule has 0 unspecified atom stereocenters. The number of nitrogens with zero attached hydrogens (tertiary/aromatic N) is 1. The molecule has 0 aliphatic carbocycles. The van der Waals surface area contributed by atoms with Crippen molar-refractivity contribution >= 4 is 51.9 Å². The molecule has 1 saturated heterocycles. The van der Waals surface area contributed by atoms with Gasteiger partial charge in [0.25, 0.3) is 5.91 Å². The van der Waals surface area contributed by atoms with Gasteiger partial charge in [0.1, 0.15) is 16.6 Å². The first-order chi connectivity index (χ1) is 16.0. The Hall–Kier alpha value is -3.42. The van der Waals surface area contributed by atoms with E-state index in [0.717, 1.165) is 22.4 Å². The molecule has 0 atom stereocenters. The van der Waals surface area contributed by atoms with E-state index >= 15 is 0 Å². The van der Waals surface area contributed by atoms with Gasteiger partial charge in [-0.1, -0.05) is 78.6 Å². The lowest BCUT2D eigenvalue weighted by Crippen LogP contribution is -2.36. The average Bonchev–Trinajstić information content (AvgIpc) is 3.09. The molecule has 3 aromatic carbocycles. The minimum Gasteiger partial charge on any atom is -0.494 e. The van der Waals surface area contributed by atoms with E-state index in [1.54, 1.807) is 6.08 Å². The van der Waals surface area contributed by atoms with Crippen LogP contribution in [0.1, 0.15) is 12.5 Å². The number of hydrogen-bond donors (Lipinski definition) is 1. The summed E-state index contributed by atoms with van der Waals surface area (Å²) in [6, 6.07) is 25.1. The Balaban J connectivity index is 1.38. The highest BCUT2D eigenvalue weighted by molar-refractivity contribution is 8.26. The molecule has 0 aromatic heterocycles. The van der Waals surface area contributed by atoms with Gasteiger partial charge in [-0.15, -0.1) is 0 Å². The van der Waals surface area contributed by atoms with Crippen LogP contribution in [0.5, 0.6) is 5.75 Å². The zero-order chi connectivity index (χ0) is 23.2. The summed E-state index contributed by atoms with van der Waals surface area (Å²) in [7, 11) is 0. The topological polar surface area (TPSA) is 58.6 Å². The van der Waals surface area contributed by atoms with Crippen LogP contribution in [0.3, 0.4) is 0 Å². The number of thiocarbonyl (C=S) groups is 1. The van der Waals surface area contributed by atoms with Crippen LogP contribution in [0.15, 0.2) is 83.8 Å². The normalized spacial score (nSPS) is 14.6. The summed E-state index contributed by atoms with van der Waals surface area (Å²) >= 11 is 6.54. The number of anilines is 1. The second-order valence-corrected chi connectivity index (χ2v) is 8.94. The van der Waals surface area contributed by atoms with E-state index in [1.165, 1.54) is 16.7 Å². The van der Waals surface area contributed by atoms with Crippen LogP contribution < -0.4 is 10.1 Å². The van der Waals surface area contributed by atoms with Crippen molar-refractivity contribution in [2.75, 3.05) is 18.5 Å². The fourth-order valence-corrected chi connectivity index (χ4v) is 4.59. The first-order valence-electron chi connectivity index (χ1n) is 10.5. The monoisotopic (exact) mass is 474 g/mol. The molecule has 0 spiro atoms. The van der Waals surface area contributed by atoms with Gasteiger partial charge < -0.3 is 10.1 Å². The Morgan fingerprint density at radius 2 is 1.67 bits per heavy atom. The summed E-state index contributed by atoms with van der Waals surface area (Å²) < 4.78 is 5.81. The summed E-state index contributed by atoms with van der Waals surface area (Å²) in [5.41, 5.74) is 3.69. The van der Waals surface area contributed by atoms with Crippen molar-refractivity contribution in [1.29, 1.82) is 0 Å². The minimum absolute atomic E-state index is 0.133. The van der Waals surface area contributed by atoms with Gasteiger partial charge in [0.2, 0.25) is 5.91 Å². The fraction of sp³-hybridized carbons (Fsp3) is 0.115. The van der Waals surface area contributed by atoms with Gasteiger partial charge in [-0.2, -0.15) is 0 Å². The summed E-state index contributed by atoms with van der Waals surface area (Å²) in [5, 5.41) is 2.84. The number of ether oxygens (including phenoxy) is 1. The van der Waals surface area contributed by atoms with Crippen LogP contribution in [-0.4, -0.2) is 34.2 Å². The molecule has 1 N–H and O–H groups in total. The van der Waals surface area contributed by atoms with Crippen LogP contribution >= 0.6 is 24.0 Å². The highest BCUT2D eigenvalue weighted by Crippen LogP contribution is 2.32. The number of hydrogen-bond acceptors (Lipinski definition) is 5. The van der Waals surface area contributed by atoms with E-state index in [4.69, 9.17) is 17.0 Å². The maximum atomic E-state index is 12.8. The molecule has 1 aliphatic rings. The number of carbonyl (C=O) groups is 2. The van der Waals surface area contributed by atoms with Crippen molar-refractivity contribution in [3.8, 4) is 16.9 Å². The molecule has 0 radical (unpaired) electrons. The van der Waals surface area contributed by atoms with E-state index in [0.29, 0.717) is 21.5 Å². The van der Waals surface area contributed by atoms with Gasteiger partial charge in [0.15, 0.2) is 0 Å². The highest BCUT2D eigenvalue weighted by atomic mass is 32.2. The molecule has 1 aliphatic heterocycles. The maximum Gasteiger partial charge on any atom is 0.266 e. The molecule has 166 valence electrons. The molecular weight excluding hydrogens is 452 g/mol. The maximum absolute atomic E-state index is 12.8. The molecule has 0 saturated carbocycles. The molecule has 4 rings (SSSR count). The summed E-state index contributed by atoms with van der Waals surface area (Å²) in [6.45, 7) is 2.39. The van der Waals surface area contributed by atoms with Crippen molar-refractivity contribution in [3.63, 3.8) is 0 Å². The number of nitrogens with one attached hydrogen (secondary N) is 1. The summed E-state index contributed by atoms with van der Waals surface area (Å²) in [5.74, 6) is 0.199. The SMILES string of the molecule is CCOc1ccc(C=C2SC(=S)N(CC(=O)Nc3ccc(-c4ccccc4)cc3)C2=O)cc1. The van der Waals surface area contributed by atoms with Crippen molar-refractivity contribution in [1.82, 2.24) is 4.90 Å². The lowest BCUT2D eigenvalue weighted by atomic mass is 10.1. The molecule has 1 fully saturated rings. The predicted molar refractivity (Wildman–Crippen MR) is 138 cm³/mol. The van der Waals surface area contributed by atoms with Gasteiger partial charge in [0.05, 0.1) is 11.5 Å². The van der Waals surface area contributed by atoms with Crippen LogP contribution in [-0.2, 0) is 9.59 Å². The Bertz CT molecular complexity index is 1190. The van der Waals surface area contributed by atoms with E-state index in [1.807, 2.05) is 85.8 Å². The Labute approximate surface area is 202 Å². The summed E-state index contributed by atoms with van der Waals surface area (Å²) in [6.07, 6.45) is 1.77. The molecule has 1 heterocycles. The van der Waals surface area contributed by atoms with E-state index in [2.05, 4.69) is 5.32 Å². The van der Waals surface area contributed by atoms with Gasteiger partial charge in [0, 0.05) is 5.69 Å². The largest absolute Gasteiger partial charge is 0.494 e. The van der Waals surface area contributed by atoms with Gasteiger partial charge >= 0.3 is 0 Å². The third-order valence-electron chi connectivity index (χ3n) is 4.94. The first-order valence-corrected chi connectivity index (χ1v) is 11.7. The molecule has 33 heavy (non-hydrogen) atoms. The molecule has 2 amide bonds. The lowest BCUT2D eigenvalue weighted by molar-refractivity contribution is -0.126. The second-order valence-electron chi connectivity index (χ2n) is 7.26. The standard InChI is InChI=1S/C26H22N2O3S2/c1-2-31-22-14-8-18(9-15-22)16-23-25(30)28(26(32)33-23)17-24(29)27-21-12-10-20(11-13-21)19-6-4-3-5-7-19/h3-16H,2,17H2,1H3,(H,27,29). The summed E-state index contributed by atoms with van der Waals surface area (Å²) in [4.78, 5) is 27.2. The Morgan fingerprint density at radius 3 is 2.33 bits per heavy atom. The van der Waals surface area contributed by atoms with E-state index in [9.17, 15) is 9.59 Å². The molecule has 0 bridgehead atoms. The Morgan fingerprint density at radius 1 is 1.00 bits per heavy atom. The van der Waals surface area contributed by atoms with Gasteiger partial charge in [-0.05, 0) is 54.0 Å². The average molecular weight is 475 g/mol. The lowest BCUT2D eigenvalue weighted by Gasteiger charge is -2.14. The number of thioether (sulfide) groups is 1. The van der Waals surface area contributed by atoms with Crippen molar-refractivity contribution in [3.05, 3.63) is 89.3 Å². The Kier molecular flexibility index (Phi) is 7.22. The number of amides is 2. The fourth-order valence-electron chi connectivity index (χ4n) is 3.34. The smallest absolute Gasteiger partial charge is 0.266 e. The molecular formula is C26H22N2O3S2. The third kappa shape index (κ3) is 5.69. The number of benzene rings is 3. The van der Waals surface area contributed by atoms with Crippen LogP contribution in [0.25, 0.3) is 17.2 Å². The van der Waals surface area contributed by atoms with Crippen molar-refractivity contribution in [2.24, 2.45) is 0 Å². The number of carbonyl (C=O) groups excluding carboxylic acids is 2. The quantitative estimate of drug-likeness (QED) is 0.357. The molecule has 7 heteroatoms. The van der Waals surface area contributed by atoms with Crippen molar-refractivity contribution in [2.45, 2.75) is 6.92 Å². The van der Waals surface area contributed by atoms with Crippen LogP contribution in [0.4, 0.5) is 5.69 Å². The van der Waals surface area contributed by atoms with Crippen LogP contribution in [0.2, 0.25) is 0 Å². The van der Waals surface area contributed by atoms with Gasteiger partial charge in [-0.3, -0.25) is 14.5 Å². The molecule has 5 nitrogen and oxygen atoms in total. The highest BCUT2D eigenvalue weighted by Gasteiger charge is 2.33. The predicted octanol–water partition coefficient (Wildman–Crippen LogP) is 5.59. The first kappa shape index (κ1) is 22.8. The zero-order valence-corrected chi connectivity index (χ0v) is 19.6. The second kappa shape index (κ2) is 10.5. The molecule has 3 aromatic rings. The zero-order valence-electron chi connectivity index (χ0n) is 18.0. The number of rotatable bonds is 7. The minimum atomic E-state index is -0.305. The third-order valence-corrected chi connectivity index (χ3v) is 6.32. The van der Waals surface area contributed by atoms with Gasteiger partial charge in [-0.25, -0.2) is 0 Å². The van der Waals surface area contributed by atoms with E-state index in [-0.39, 0.29) is 18.4 Å². The van der Waals surface area contributed by atoms with E-state index < -0.39 is 0 Å². The van der Waals surface area contributed by atoms with Crippen LogP contribution in [0, 0.1) is 0 Å².